The predicted octanol–water partition coefficient (Wildman–Crippen LogP) is 4.16. The van der Waals surface area contributed by atoms with Crippen molar-refractivity contribution in [2.75, 3.05) is 32.4 Å². The highest BCUT2D eigenvalue weighted by Gasteiger charge is 2.08. The summed E-state index contributed by atoms with van der Waals surface area (Å²) >= 11 is 5.60. The fourth-order valence-electron chi connectivity index (χ4n) is 1.94. The highest BCUT2D eigenvalue weighted by molar-refractivity contribution is 9.10. The lowest BCUT2D eigenvalue weighted by Gasteiger charge is -2.18. The third-order valence-corrected chi connectivity index (χ3v) is 5.10. The molecule has 4 heteroatoms. The summed E-state index contributed by atoms with van der Waals surface area (Å²) in [6.45, 7) is 10.0. The summed E-state index contributed by atoms with van der Waals surface area (Å²) in [4.78, 5) is 3.80. The molecule has 19 heavy (non-hydrogen) atoms. The standard InChI is InChI=1S/C15H25BrN2S/c1-5-18(6-2)9-10-19-13-7-8-14(12(3)17-4)15(16)11-13/h7-8,11-12,17H,5-6,9-10H2,1-4H3. The molecular formula is C15H25BrN2S. The second kappa shape index (κ2) is 9.01. The van der Waals surface area contributed by atoms with Gasteiger partial charge < -0.3 is 10.2 Å². The van der Waals surface area contributed by atoms with E-state index >= 15 is 0 Å². The summed E-state index contributed by atoms with van der Waals surface area (Å²) in [7, 11) is 1.99. The molecule has 1 unspecified atom stereocenters. The van der Waals surface area contributed by atoms with E-state index in [2.05, 4.69) is 65.1 Å². The SMILES string of the molecule is CCN(CC)CCSc1ccc(C(C)NC)c(Br)c1. The van der Waals surface area contributed by atoms with Crippen LogP contribution in [0.4, 0.5) is 0 Å². The van der Waals surface area contributed by atoms with Crippen molar-refractivity contribution in [3.05, 3.63) is 28.2 Å². The van der Waals surface area contributed by atoms with Crippen molar-refractivity contribution in [3.63, 3.8) is 0 Å². The maximum atomic E-state index is 3.67. The number of thioether (sulfide) groups is 1. The third kappa shape index (κ3) is 5.46. The monoisotopic (exact) mass is 344 g/mol. The first-order valence-electron chi connectivity index (χ1n) is 6.94. The molecule has 0 amide bonds. The summed E-state index contributed by atoms with van der Waals surface area (Å²) in [6.07, 6.45) is 0. The Bertz CT molecular complexity index is 380. The molecule has 0 aliphatic rings. The van der Waals surface area contributed by atoms with Crippen LogP contribution in [0.1, 0.15) is 32.4 Å². The molecule has 108 valence electrons. The van der Waals surface area contributed by atoms with Gasteiger partial charge in [-0.15, -0.1) is 11.8 Å². The van der Waals surface area contributed by atoms with Crippen LogP contribution < -0.4 is 5.32 Å². The van der Waals surface area contributed by atoms with Gasteiger partial charge in [0.15, 0.2) is 0 Å². The van der Waals surface area contributed by atoms with Crippen LogP contribution in [-0.2, 0) is 0 Å². The first-order valence-corrected chi connectivity index (χ1v) is 8.72. The van der Waals surface area contributed by atoms with Crippen LogP contribution in [0.5, 0.6) is 0 Å². The van der Waals surface area contributed by atoms with E-state index in [0.717, 1.165) is 25.4 Å². The Morgan fingerprint density at radius 3 is 2.53 bits per heavy atom. The Labute approximate surface area is 130 Å². The van der Waals surface area contributed by atoms with Crippen LogP contribution >= 0.6 is 27.7 Å². The Morgan fingerprint density at radius 2 is 2.00 bits per heavy atom. The Kier molecular flexibility index (Phi) is 8.07. The predicted molar refractivity (Wildman–Crippen MR) is 90.1 cm³/mol. The average Bonchev–Trinajstić information content (AvgIpc) is 2.43. The van der Waals surface area contributed by atoms with Gasteiger partial charge in [0.1, 0.15) is 0 Å². The Balaban J connectivity index is 2.54. The van der Waals surface area contributed by atoms with Gasteiger partial charge in [0.05, 0.1) is 0 Å². The highest BCUT2D eigenvalue weighted by Crippen LogP contribution is 2.28. The fraction of sp³-hybridized carbons (Fsp3) is 0.600. The summed E-state index contributed by atoms with van der Waals surface area (Å²) in [6, 6.07) is 7.05. The first kappa shape index (κ1) is 17.0. The van der Waals surface area contributed by atoms with E-state index in [-0.39, 0.29) is 0 Å². The van der Waals surface area contributed by atoms with Crippen LogP contribution in [0, 0.1) is 0 Å². The molecule has 0 aliphatic heterocycles. The lowest BCUT2D eigenvalue weighted by atomic mass is 10.1. The summed E-state index contributed by atoms with van der Waals surface area (Å²) in [5.41, 5.74) is 1.32. The summed E-state index contributed by atoms with van der Waals surface area (Å²) < 4.78 is 1.20. The van der Waals surface area contributed by atoms with Gasteiger partial charge in [-0.2, -0.15) is 0 Å². The van der Waals surface area contributed by atoms with E-state index in [0.29, 0.717) is 6.04 Å². The molecule has 1 atom stereocenters. The first-order chi connectivity index (χ1) is 9.12. The fourth-order valence-corrected chi connectivity index (χ4v) is 3.76. The van der Waals surface area contributed by atoms with Crippen molar-refractivity contribution in [2.24, 2.45) is 0 Å². The van der Waals surface area contributed by atoms with E-state index in [1.54, 1.807) is 0 Å². The van der Waals surface area contributed by atoms with Crippen molar-refractivity contribution in [1.29, 1.82) is 0 Å². The van der Waals surface area contributed by atoms with Gasteiger partial charge in [0.2, 0.25) is 0 Å². The van der Waals surface area contributed by atoms with E-state index in [9.17, 15) is 0 Å². The van der Waals surface area contributed by atoms with Crippen molar-refractivity contribution >= 4 is 27.7 Å². The van der Waals surface area contributed by atoms with Crippen LogP contribution in [0.15, 0.2) is 27.6 Å². The molecule has 0 saturated carbocycles. The Morgan fingerprint density at radius 1 is 1.32 bits per heavy atom. The molecule has 1 N–H and O–H groups in total. The van der Waals surface area contributed by atoms with Crippen molar-refractivity contribution in [1.82, 2.24) is 10.2 Å². The number of hydrogen-bond acceptors (Lipinski definition) is 3. The van der Waals surface area contributed by atoms with Crippen LogP contribution in [0.2, 0.25) is 0 Å². The maximum absolute atomic E-state index is 3.67. The smallest absolute Gasteiger partial charge is 0.0300 e. The van der Waals surface area contributed by atoms with E-state index < -0.39 is 0 Å². The third-order valence-electron chi connectivity index (χ3n) is 3.44. The van der Waals surface area contributed by atoms with Gasteiger partial charge in [-0.3, -0.25) is 0 Å². The maximum Gasteiger partial charge on any atom is 0.0300 e. The molecular weight excluding hydrogens is 320 g/mol. The van der Waals surface area contributed by atoms with Gasteiger partial charge in [0, 0.05) is 27.7 Å². The van der Waals surface area contributed by atoms with E-state index in [1.807, 2.05) is 18.8 Å². The molecule has 1 rings (SSSR count). The molecule has 0 aliphatic carbocycles. The van der Waals surface area contributed by atoms with Gasteiger partial charge in [0.25, 0.3) is 0 Å². The van der Waals surface area contributed by atoms with Crippen LogP contribution in [-0.4, -0.2) is 37.3 Å². The molecule has 0 aromatic heterocycles. The number of benzene rings is 1. The Hall–Kier alpha value is -0.0300. The zero-order valence-corrected chi connectivity index (χ0v) is 14.8. The van der Waals surface area contributed by atoms with Crippen LogP contribution in [0.25, 0.3) is 0 Å². The quantitative estimate of drug-likeness (QED) is 0.712. The molecule has 1 aromatic carbocycles. The van der Waals surface area contributed by atoms with E-state index in [4.69, 9.17) is 0 Å². The van der Waals surface area contributed by atoms with Crippen molar-refractivity contribution in [2.45, 2.75) is 31.7 Å². The normalized spacial score (nSPS) is 12.9. The van der Waals surface area contributed by atoms with Gasteiger partial charge in [-0.05, 0) is 44.8 Å². The zero-order chi connectivity index (χ0) is 14.3. The van der Waals surface area contributed by atoms with Crippen molar-refractivity contribution in [3.8, 4) is 0 Å². The molecule has 0 saturated heterocycles. The minimum Gasteiger partial charge on any atom is -0.313 e. The second-order valence-corrected chi connectivity index (χ2v) is 6.59. The van der Waals surface area contributed by atoms with Gasteiger partial charge in [-0.1, -0.05) is 35.8 Å². The number of nitrogens with one attached hydrogen (secondary N) is 1. The molecule has 0 radical (unpaired) electrons. The number of halogens is 1. The largest absolute Gasteiger partial charge is 0.313 e. The van der Waals surface area contributed by atoms with Crippen molar-refractivity contribution < 1.29 is 0 Å². The lowest BCUT2D eigenvalue weighted by Crippen LogP contribution is -2.25. The molecule has 0 bridgehead atoms. The molecule has 0 spiro atoms. The van der Waals surface area contributed by atoms with Gasteiger partial charge in [-0.25, -0.2) is 0 Å². The van der Waals surface area contributed by atoms with E-state index in [1.165, 1.54) is 14.9 Å². The average molecular weight is 345 g/mol. The van der Waals surface area contributed by atoms with Gasteiger partial charge >= 0.3 is 0 Å². The number of nitrogens with zero attached hydrogens (tertiary/aromatic N) is 1. The highest BCUT2D eigenvalue weighted by atomic mass is 79.9. The zero-order valence-electron chi connectivity index (χ0n) is 12.4. The summed E-state index contributed by atoms with van der Waals surface area (Å²) in [5, 5.41) is 3.27. The molecule has 0 fully saturated rings. The number of hydrogen-bond donors (Lipinski definition) is 1. The molecule has 2 nitrogen and oxygen atoms in total. The number of rotatable bonds is 8. The minimum absolute atomic E-state index is 0.379. The molecule has 0 heterocycles. The minimum atomic E-state index is 0.379. The topological polar surface area (TPSA) is 15.3 Å². The molecule has 1 aromatic rings. The van der Waals surface area contributed by atoms with Crippen LogP contribution in [0.3, 0.4) is 0 Å². The summed E-state index contributed by atoms with van der Waals surface area (Å²) in [5.74, 6) is 1.15. The lowest BCUT2D eigenvalue weighted by molar-refractivity contribution is 0.324. The second-order valence-electron chi connectivity index (χ2n) is 4.57.